The van der Waals surface area contributed by atoms with Crippen molar-refractivity contribution in [1.82, 2.24) is 10.6 Å². The number of amides is 2. The molecule has 2 rings (SSSR count). The lowest BCUT2D eigenvalue weighted by Crippen LogP contribution is -2.73. The number of hydrogen-bond acceptors (Lipinski definition) is 2. The van der Waals surface area contributed by atoms with Crippen molar-refractivity contribution < 1.29 is 9.59 Å². The molecule has 4 heteroatoms. The molecule has 2 fully saturated rings. The quantitative estimate of drug-likeness (QED) is 0.788. The molecule has 2 saturated carbocycles. The van der Waals surface area contributed by atoms with E-state index in [4.69, 9.17) is 0 Å². The minimum Gasteiger partial charge on any atom is -0.349 e. The second kappa shape index (κ2) is 4.90. The minimum atomic E-state index is -0.207. The molecule has 0 aromatic rings. The Bertz CT molecular complexity index is 306. The van der Waals surface area contributed by atoms with E-state index in [1.165, 1.54) is 0 Å². The van der Waals surface area contributed by atoms with Crippen molar-refractivity contribution in [2.45, 2.75) is 76.3 Å². The highest BCUT2D eigenvalue weighted by atomic mass is 16.2. The van der Waals surface area contributed by atoms with Crippen LogP contribution in [0.4, 0.5) is 0 Å². The lowest BCUT2D eigenvalue weighted by atomic mass is 9.59. The molecule has 2 aliphatic carbocycles. The van der Waals surface area contributed by atoms with E-state index >= 15 is 0 Å². The molecule has 0 saturated heterocycles. The lowest BCUT2D eigenvalue weighted by molar-refractivity contribution is -0.129. The summed E-state index contributed by atoms with van der Waals surface area (Å²) in [6.45, 7) is 3.16. The Labute approximate surface area is 109 Å². The molecule has 0 bridgehead atoms. The molecule has 4 nitrogen and oxygen atoms in total. The highest BCUT2D eigenvalue weighted by Gasteiger charge is 2.54. The third-order valence-corrected chi connectivity index (χ3v) is 4.66. The van der Waals surface area contributed by atoms with Crippen molar-refractivity contribution in [3.63, 3.8) is 0 Å². The van der Waals surface area contributed by atoms with Crippen molar-refractivity contribution in [2.24, 2.45) is 0 Å². The average Bonchev–Trinajstić information content (AvgIpc) is 2.27. The van der Waals surface area contributed by atoms with E-state index in [1.807, 2.05) is 0 Å². The summed E-state index contributed by atoms with van der Waals surface area (Å²) in [6, 6.07) is 0. The Kier molecular flexibility index (Phi) is 3.64. The summed E-state index contributed by atoms with van der Waals surface area (Å²) < 4.78 is 0. The normalized spacial score (nSPS) is 35.4. The van der Waals surface area contributed by atoms with Crippen molar-refractivity contribution >= 4 is 11.8 Å². The highest BCUT2D eigenvalue weighted by molar-refractivity contribution is 5.76. The zero-order chi connectivity index (χ0) is 13.2. The van der Waals surface area contributed by atoms with E-state index in [1.54, 1.807) is 13.8 Å². The van der Waals surface area contributed by atoms with Crippen LogP contribution < -0.4 is 10.6 Å². The van der Waals surface area contributed by atoms with Crippen LogP contribution in [0.25, 0.3) is 0 Å². The summed E-state index contributed by atoms with van der Waals surface area (Å²) in [5.74, 6) is 0.0436. The fourth-order valence-electron chi connectivity index (χ4n) is 4.08. The van der Waals surface area contributed by atoms with Crippen LogP contribution in [-0.2, 0) is 9.59 Å². The number of carbonyl (C=O) groups excluding carboxylic acids is 2. The third-order valence-electron chi connectivity index (χ3n) is 4.66. The van der Waals surface area contributed by atoms with Gasteiger partial charge in [-0.3, -0.25) is 9.59 Å². The summed E-state index contributed by atoms with van der Waals surface area (Å²) in [6.07, 6.45) is 8.53. The van der Waals surface area contributed by atoms with Gasteiger partial charge in [-0.25, -0.2) is 0 Å². The third kappa shape index (κ3) is 2.25. The summed E-state index contributed by atoms with van der Waals surface area (Å²) in [7, 11) is 0. The van der Waals surface area contributed by atoms with Gasteiger partial charge in [0.1, 0.15) is 0 Å². The van der Waals surface area contributed by atoms with E-state index in [9.17, 15) is 9.59 Å². The minimum absolute atomic E-state index is 0.0218. The predicted octanol–water partition coefficient (Wildman–Crippen LogP) is 1.88. The fourth-order valence-corrected chi connectivity index (χ4v) is 4.08. The maximum absolute atomic E-state index is 11.6. The first-order valence-electron chi connectivity index (χ1n) is 7.07. The van der Waals surface area contributed by atoms with Gasteiger partial charge in [0, 0.05) is 13.8 Å². The van der Waals surface area contributed by atoms with Crippen LogP contribution in [-0.4, -0.2) is 22.9 Å². The van der Waals surface area contributed by atoms with Gasteiger partial charge in [0.15, 0.2) is 0 Å². The molecule has 0 aliphatic heterocycles. The Morgan fingerprint density at radius 2 is 1.00 bits per heavy atom. The molecular weight excluding hydrogens is 228 g/mol. The fraction of sp³-hybridized carbons (Fsp3) is 0.857. The van der Waals surface area contributed by atoms with Crippen LogP contribution in [0.3, 0.4) is 0 Å². The molecule has 18 heavy (non-hydrogen) atoms. The van der Waals surface area contributed by atoms with E-state index in [2.05, 4.69) is 10.6 Å². The molecule has 0 atom stereocenters. The van der Waals surface area contributed by atoms with Crippen LogP contribution in [0.2, 0.25) is 0 Å². The molecule has 0 aromatic heterocycles. The highest BCUT2D eigenvalue weighted by Crippen LogP contribution is 2.47. The smallest absolute Gasteiger partial charge is 0.217 e. The van der Waals surface area contributed by atoms with Crippen LogP contribution in [0.15, 0.2) is 0 Å². The molecule has 0 aromatic carbocycles. The van der Waals surface area contributed by atoms with Gasteiger partial charge in [0.25, 0.3) is 0 Å². The van der Waals surface area contributed by atoms with Gasteiger partial charge in [-0.1, -0.05) is 25.7 Å². The van der Waals surface area contributed by atoms with Gasteiger partial charge >= 0.3 is 0 Å². The van der Waals surface area contributed by atoms with Gasteiger partial charge in [-0.05, 0) is 25.7 Å². The molecule has 0 unspecified atom stereocenters. The first kappa shape index (κ1) is 13.4. The Balaban J connectivity index is 2.33. The molecule has 0 spiro atoms. The topological polar surface area (TPSA) is 58.2 Å². The summed E-state index contributed by atoms with van der Waals surface area (Å²) in [5.41, 5.74) is -0.415. The summed E-state index contributed by atoms with van der Waals surface area (Å²) in [4.78, 5) is 23.1. The predicted molar refractivity (Wildman–Crippen MR) is 70.0 cm³/mol. The number of fused-ring (bicyclic) bond motifs is 1. The van der Waals surface area contributed by atoms with Crippen molar-refractivity contribution in [2.75, 3.05) is 0 Å². The molecule has 102 valence electrons. The summed E-state index contributed by atoms with van der Waals surface area (Å²) in [5, 5.41) is 6.38. The second-order valence-corrected chi connectivity index (χ2v) is 5.94. The number of nitrogens with one attached hydrogen (secondary N) is 2. The van der Waals surface area contributed by atoms with Gasteiger partial charge in [-0.2, -0.15) is 0 Å². The van der Waals surface area contributed by atoms with E-state index in [0.717, 1.165) is 51.4 Å². The monoisotopic (exact) mass is 252 g/mol. The van der Waals surface area contributed by atoms with E-state index in [0.29, 0.717) is 0 Å². The lowest BCUT2D eigenvalue weighted by Gasteiger charge is -2.57. The molecular formula is C14H24N2O2. The SMILES string of the molecule is CC(=O)NC12CCCCC1(NC(C)=O)CCCC2. The Hall–Kier alpha value is -1.06. The standard InChI is InChI=1S/C14H24N2O2/c1-11(17)15-13-7-3-5-9-14(13,16-12(2)18)10-6-4-8-13/h3-10H2,1-2H3,(H,15,17)(H,16,18). The molecule has 0 radical (unpaired) electrons. The Morgan fingerprint density at radius 1 is 0.722 bits per heavy atom. The maximum Gasteiger partial charge on any atom is 0.217 e. The molecule has 2 amide bonds. The second-order valence-electron chi connectivity index (χ2n) is 5.94. The summed E-state index contributed by atoms with van der Waals surface area (Å²) >= 11 is 0. The van der Waals surface area contributed by atoms with E-state index < -0.39 is 0 Å². The van der Waals surface area contributed by atoms with Gasteiger partial charge in [0.2, 0.25) is 11.8 Å². The molecule has 2 aliphatic rings. The van der Waals surface area contributed by atoms with E-state index in [-0.39, 0.29) is 22.9 Å². The molecule has 0 heterocycles. The Morgan fingerprint density at radius 3 is 1.22 bits per heavy atom. The number of rotatable bonds is 2. The number of hydrogen-bond donors (Lipinski definition) is 2. The van der Waals surface area contributed by atoms with Crippen molar-refractivity contribution in [3.05, 3.63) is 0 Å². The van der Waals surface area contributed by atoms with Crippen LogP contribution >= 0.6 is 0 Å². The average molecular weight is 252 g/mol. The first-order chi connectivity index (χ1) is 8.50. The van der Waals surface area contributed by atoms with Crippen molar-refractivity contribution in [3.8, 4) is 0 Å². The van der Waals surface area contributed by atoms with Crippen molar-refractivity contribution in [1.29, 1.82) is 0 Å². The first-order valence-corrected chi connectivity index (χ1v) is 7.07. The van der Waals surface area contributed by atoms with Crippen LogP contribution in [0.1, 0.15) is 65.2 Å². The zero-order valence-electron chi connectivity index (χ0n) is 11.5. The van der Waals surface area contributed by atoms with Gasteiger partial charge in [0.05, 0.1) is 11.1 Å². The number of carbonyl (C=O) groups is 2. The van der Waals surface area contributed by atoms with Gasteiger partial charge in [-0.15, -0.1) is 0 Å². The van der Waals surface area contributed by atoms with Crippen LogP contribution in [0.5, 0.6) is 0 Å². The maximum atomic E-state index is 11.6. The molecule has 2 N–H and O–H groups in total. The zero-order valence-corrected chi connectivity index (χ0v) is 11.5. The largest absolute Gasteiger partial charge is 0.349 e. The van der Waals surface area contributed by atoms with Crippen LogP contribution in [0, 0.1) is 0 Å². The van der Waals surface area contributed by atoms with Gasteiger partial charge < -0.3 is 10.6 Å².